The van der Waals surface area contributed by atoms with Crippen LogP contribution in [-0.2, 0) is 6.42 Å². The van der Waals surface area contributed by atoms with Gasteiger partial charge >= 0.3 is 0 Å². The molecule has 102 valence electrons. The Hall–Kier alpha value is -1.53. The summed E-state index contributed by atoms with van der Waals surface area (Å²) in [5.41, 5.74) is 6.34. The highest BCUT2D eigenvalue weighted by molar-refractivity contribution is 7.19. The molecule has 2 aromatic heterocycles. The highest BCUT2D eigenvalue weighted by Crippen LogP contribution is 2.42. The van der Waals surface area contributed by atoms with E-state index >= 15 is 0 Å². The van der Waals surface area contributed by atoms with Crippen molar-refractivity contribution in [1.82, 2.24) is 0 Å². The largest absolute Gasteiger partial charge is 0.492 e. The maximum absolute atomic E-state index is 11.5. The van der Waals surface area contributed by atoms with Crippen LogP contribution in [0.25, 0.3) is 0 Å². The molecular formula is C13H16N2O2S2. The fraction of sp³-hybridized carbons (Fsp3) is 0.308. The Morgan fingerprint density at radius 3 is 2.89 bits per heavy atom. The summed E-state index contributed by atoms with van der Waals surface area (Å²) in [4.78, 5) is 13.3. The molecule has 0 amide bonds. The lowest BCUT2D eigenvalue weighted by Crippen LogP contribution is -2.03. The number of methoxy groups -OCH3 is 1. The summed E-state index contributed by atoms with van der Waals surface area (Å²) in [7, 11) is 1.56. The van der Waals surface area contributed by atoms with Gasteiger partial charge in [-0.1, -0.05) is 6.07 Å². The number of anilines is 2. The molecule has 0 aliphatic carbocycles. The van der Waals surface area contributed by atoms with E-state index < -0.39 is 0 Å². The first-order chi connectivity index (χ1) is 9.13. The number of nitrogens with one attached hydrogen (secondary N) is 1. The number of hydrogen-bond acceptors (Lipinski definition) is 6. The first-order valence-electron chi connectivity index (χ1n) is 5.87. The van der Waals surface area contributed by atoms with Crippen LogP contribution in [0, 0.1) is 0 Å². The Kier molecular flexibility index (Phi) is 4.44. The van der Waals surface area contributed by atoms with Gasteiger partial charge in [0, 0.05) is 18.3 Å². The van der Waals surface area contributed by atoms with Gasteiger partial charge in [-0.15, -0.1) is 22.7 Å². The molecule has 0 spiro atoms. The van der Waals surface area contributed by atoms with E-state index in [1.165, 1.54) is 23.1 Å². The second kappa shape index (κ2) is 6.08. The van der Waals surface area contributed by atoms with Crippen LogP contribution in [0.3, 0.4) is 0 Å². The Balaban J connectivity index is 2.07. The van der Waals surface area contributed by atoms with E-state index in [4.69, 9.17) is 10.5 Å². The van der Waals surface area contributed by atoms with Gasteiger partial charge in [-0.25, -0.2) is 0 Å². The summed E-state index contributed by atoms with van der Waals surface area (Å²) >= 11 is 3.08. The number of ketones is 1. The second-order valence-electron chi connectivity index (χ2n) is 4.02. The van der Waals surface area contributed by atoms with E-state index in [9.17, 15) is 4.79 Å². The van der Waals surface area contributed by atoms with Crippen molar-refractivity contribution >= 4 is 39.1 Å². The summed E-state index contributed by atoms with van der Waals surface area (Å²) in [5, 5.41) is 6.17. The summed E-state index contributed by atoms with van der Waals surface area (Å²) in [6.07, 6.45) is 0.939. The zero-order chi connectivity index (χ0) is 13.8. The van der Waals surface area contributed by atoms with Crippen LogP contribution in [0.2, 0.25) is 0 Å². The average molecular weight is 296 g/mol. The van der Waals surface area contributed by atoms with Gasteiger partial charge in [0.05, 0.1) is 17.7 Å². The van der Waals surface area contributed by atoms with E-state index in [1.807, 2.05) is 6.07 Å². The number of carbonyl (C=O) groups is 1. The third-order valence-corrected chi connectivity index (χ3v) is 4.84. The molecule has 2 heterocycles. The molecule has 0 fully saturated rings. The number of ether oxygens (including phenoxy) is 1. The minimum atomic E-state index is -0.0351. The number of rotatable bonds is 6. The molecule has 0 atom stereocenters. The van der Waals surface area contributed by atoms with Crippen molar-refractivity contribution < 1.29 is 9.53 Å². The van der Waals surface area contributed by atoms with Crippen molar-refractivity contribution in [3.8, 4) is 5.75 Å². The number of carbonyl (C=O) groups excluding carboxylic acids is 1. The zero-order valence-corrected chi connectivity index (χ0v) is 12.5. The highest BCUT2D eigenvalue weighted by atomic mass is 32.1. The standard InChI is InChI=1S/C13H16N2O2S2/c1-8(16)12-10(14)11(17-2)13(19-12)15-6-5-9-4-3-7-18-9/h3-4,7,15H,5-6,14H2,1-2H3. The quantitative estimate of drug-likeness (QED) is 0.803. The molecule has 3 N–H and O–H groups in total. The SMILES string of the molecule is COc1c(NCCc2cccs2)sc(C(C)=O)c1N. The highest BCUT2D eigenvalue weighted by Gasteiger charge is 2.19. The minimum absolute atomic E-state index is 0.0351. The van der Waals surface area contributed by atoms with Gasteiger partial charge in [-0.05, 0) is 17.9 Å². The molecule has 4 nitrogen and oxygen atoms in total. The molecule has 0 radical (unpaired) electrons. The van der Waals surface area contributed by atoms with Crippen molar-refractivity contribution in [2.75, 3.05) is 24.7 Å². The molecule has 19 heavy (non-hydrogen) atoms. The molecule has 0 aliphatic heterocycles. The van der Waals surface area contributed by atoms with E-state index in [2.05, 4.69) is 16.8 Å². The maximum atomic E-state index is 11.5. The van der Waals surface area contributed by atoms with Crippen molar-refractivity contribution in [1.29, 1.82) is 0 Å². The van der Waals surface area contributed by atoms with Crippen LogP contribution in [0.5, 0.6) is 5.75 Å². The summed E-state index contributed by atoms with van der Waals surface area (Å²) in [6, 6.07) is 4.14. The predicted octanol–water partition coefficient (Wildman–Crippen LogP) is 3.26. The third-order valence-electron chi connectivity index (χ3n) is 2.66. The van der Waals surface area contributed by atoms with Gasteiger partial charge in [0.25, 0.3) is 0 Å². The Labute approximate surface area is 120 Å². The molecule has 0 aliphatic rings. The maximum Gasteiger partial charge on any atom is 0.176 e. The number of nitrogens with two attached hydrogens (primary N) is 1. The van der Waals surface area contributed by atoms with Gasteiger partial charge in [0.2, 0.25) is 0 Å². The van der Waals surface area contributed by atoms with Crippen molar-refractivity contribution in [3.63, 3.8) is 0 Å². The number of hydrogen-bond donors (Lipinski definition) is 2. The van der Waals surface area contributed by atoms with Gasteiger partial charge in [-0.3, -0.25) is 4.79 Å². The summed E-state index contributed by atoms with van der Waals surface area (Å²) in [6.45, 7) is 2.30. The molecule has 6 heteroatoms. The molecule has 2 aromatic rings. The number of thiophene rings is 2. The monoisotopic (exact) mass is 296 g/mol. The fourth-order valence-corrected chi connectivity index (χ4v) is 3.48. The van der Waals surface area contributed by atoms with Crippen LogP contribution >= 0.6 is 22.7 Å². The van der Waals surface area contributed by atoms with Crippen molar-refractivity contribution in [2.45, 2.75) is 13.3 Å². The third kappa shape index (κ3) is 3.08. The first kappa shape index (κ1) is 13.9. The van der Waals surface area contributed by atoms with Crippen LogP contribution in [0.15, 0.2) is 17.5 Å². The summed E-state index contributed by atoms with van der Waals surface area (Å²) < 4.78 is 5.27. The van der Waals surface area contributed by atoms with E-state index in [0.29, 0.717) is 16.3 Å². The fourth-order valence-electron chi connectivity index (χ4n) is 1.76. The Bertz CT molecular complexity index is 561. The smallest absolute Gasteiger partial charge is 0.176 e. The van der Waals surface area contributed by atoms with Crippen LogP contribution in [0.4, 0.5) is 10.7 Å². The van der Waals surface area contributed by atoms with Crippen LogP contribution in [-0.4, -0.2) is 19.4 Å². The van der Waals surface area contributed by atoms with E-state index in [1.54, 1.807) is 18.4 Å². The molecule has 0 bridgehead atoms. The lowest BCUT2D eigenvalue weighted by molar-refractivity contribution is 0.102. The van der Waals surface area contributed by atoms with E-state index in [0.717, 1.165) is 18.0 Å². The molecular weight excluding hydrogens is 280 g/mol. The van der Waals surface area contributed by atoms with Gasteiger partial charge < -0.3 is 15.8 Å². The van der Waals surface area contributed by atoms with Crippen LogP contribution in [0.1, 0.15) is 21.5 Å². The Morgan fingerprint density at radius 1 is 1.53 bits per heavy atom. The number of nitrogen functional groups attached to an aromatic ring is 1. The lowest BCUT2D eigenvalue weighted by Gasteiger charge is -2.06. The minimum Gasteiger partial charge on any atom is -0.492 e. The van der Waals surface area contributed by atoms with Gasteiger partial charge in [-0.2, -0.15) is 0 Å². The van der Waals surface area contributed by atoms with E-state index in [-0.39, 0.29) is 5.78 Å². The molecule has 0 saturated heterocycles. The lowest BCUT2D eigenvalue weighted by atomic mass is 10.3. The number of Topliss-reactive ketones (excluding diaryl/α,β-unsaturated/α-hetero) is 1. The average Bonchev–Trinajstić information content (AvgIpc) is 2.97. The summed E-state index contributed by atoms with van der Waals surface area (Å²) in [5.74, 6) is 0.536. The zero-order valence-electron chi connectivity index (χ0n) is 10.9. The topological polar surface area (TPSA) is 64.3 Å². The van der Waals surface area contributed by atoms with Crippen molar-refractivity contribution in [2.24, 2.45) is 0 Å². The van der Waals surface area contributed by atoms with Gasteiger partial charge in [0.15, 0.2) is 11.5 Å². The molecule has 0 saturated carbocycles. The normalized spacial score (nSPS) is 10.4. The van der Waals surface area contributed by atoms with Gasteiger partial charge in [0.1, 0.15) is 5.00 Å². The molecule has 0 unspecified atom stereocenters. The second-order valence-corrected chi connectivity index (χ2v) is 6.07. The van der Waals surface area contributed by atoms with Crippen LogP contribution < -0.4 is 15.8 Å². The first-order valence-corrected chi connectivity index (χ1v) is 7.56. The molecule has 2 rings (SSSR count). The predicted molar refractivity (Wildman–Crippen MR) is 81.8 cm³/mol. The Morgan fingerprint density at radius 2 is 2.32 bits per heavy atom. The molecule has 0 aromatic carbocycles. The van der Waals surface area contributed by atoms with Crippen molar-refractivity contribution in [3.05, 3.63) is 27.3 Å².